The van der Waals surface area contributed by atoms with Crippen molar-refractivity contribution in [2.45, 2.75) is 76.0 Å². The van der Waals surface area contributed by atoms with Crippen molar-refractivity contribution < 1.29 is 0 Å². The molecule has 7 heteroatoms. The van der Waals surface area contributed by atoms with E-state index in [0.717, 1.165) is 57.0 Å². The zero-order valence-corrected chi connectivity index (χ0v) is 15.8. The average molecular weight is 368 g/mol. The zero-order valence-electron chi connectivity index (χ0n) is 15.8. The van der Waals surface area contributed by atoms with Gasteiger partial charge in [-0.25, -0.2) is 9.97 Å². The molecule has 0 aromatic carbocycles. The molecule has 27 heavy (non-hydrogen) atoms. The van der Waals surface area contributed by atoms with Gasteiger partial charge < -0.3 is 20.5 Å². The summed E-state index contributed by atoms with van der Waals surface area (Å²) in [5, 5.41) is 3.58. The predicted molar refractivity (Wildman–Crippen MR) is 106 cm³/mol. The summed E-state index contributed by atoms with van der Waals surface area (Å²) in [6.45, 7) is 1.75. The highest BCUT2D eigenvalue weighted by molar-refractivity contribution is 5.43. The second-order valence-corrected chi connectivity index (χ2v) is 8.30. The molecule has 0 spiro atoms. The molecule has 3 aliphatic rings. The van der Waals surface area contributed by atoms with Crippen LogP contribution in [0.4, 0.5) is 11.8 Å². The molecule has 3 heterocycles. The van der Waals surface area contributed by atoms with Gasteiger partial charge in [0.15, 0.2) is 0 Å². The van der Waals surface area contributed by atoms with Gasteiger partial charge in [0, 0.05) is 43.0 Å². The lowest BCUT2D eigenvalue weighted by molar-refractivity contribution is 0.306. The van der Waals surface area contributed by atoms with E-state index in [9.17, 15) is 0 Å². The van der Waals surface area contributed by atoms with Gasteiger partial charge in [-0.3, -0.25) is 0 Å². The highest BCUT2D eigenvalue weighted by Crippen LogP contribution is 2.34. The maximum absolute atomic E-state index is 6.02. The van der Waals surface area contributed by atoms with Gasteiger partial charge in [-0.2, -0.15) is 4.98 Å². The van der Waals surface area contributed by atoms with Crippen LogP contribution in [-0.2, 0) is 13.0 Å². The van der Waals surface area contributed by atoms with Gasteiger partial charge in [-0.05, 0) is 51.0 Å². The van der Waals surface area contributed by atoms with Crippen molar-refractivity contribution in [1.82, 2.24) is 19.5 Å². The fraction of sp³-hybridized carbons (Fsp3) is 0.650. The molecular weight excluding hydrogens is 338 g/mol. The van der Waals surface area contributed by atoms with E-state index < -0.39 is 0 Å². The molecule has 0 atom stereocenters. The van der Waals surface area contributed by atoms with E-state index in [1.165, 1.54) is 30.7 Å². The summed E-state index contributed by atoms with van der Waals surface area (Å²) >= 11 is 0. The fourth-order valence-electron chi connectivity index (χ4n) is 4.54. The molecule has 2 aromatic heterocycles. The SMILES string of the molecule is NC1CCC(Nc2ccnc(N3CCc4c(ncn4C4CCC4)C3)n2)CC1. The largest absolute Gasteiger partial charge is 0.367 e. The number of hydrogen-bond acceptors (Lipinski definition) is 6. The lowest BCUT2D eigenvalue weighted by Gasteiger charge is -2.32. The summed E-state index contributed by atoms with van der Waals surface area (Å²) in [7, 11) is 0. The first-order valence-corrected chi connectivity index (χ1v) is 10.4. The molecule has 2 fully saturated rings. The van der Waals surface area contributed by atoms with Crippen LogP contribution < -0.4 is 16.0 Å². The molecule has 144 valence electrons. The Labute approximate surface area is 160 Å². The van der Waals surface area contributed by atoms with Crippen molar-refractivity contribution in [2.24, 2.45) is 5.73 Å². The van der Waals surface area contributed by atoms with Crippen molar-refractivity contribution in [3.63, 3.8) is 0 Å². The Hall–Kier alpha value is -2.15. The number of nitrogens with two attached hydrogens (primary N) is 1. The van der Waals surface area contributed by atoms with Crippen molar-refractivity contribution >= 4 is 11.8 Å². The summed E-state index contributed by atoms with van der Waals surface area (Å²) in [5.74, 6) is 1.72. The van der Waals surface area contributed by atoms with Crippen molar-refractivity contribution in [3.05, 3.63) is 30.0 Å². The smallest absolute Gasteiger partial charge is 0.227 e. The number of aromatic nitrogens is 4. The predicted octanol–water partition coefficient (Wildman–Crippen LogP) is 2.64. The first-order chi connectivity index (χ1) is 13.3. The van der Waals surface area contributed by atoms with Crippen LogP contribution >= 0.6 is 0 Å². The maximum atomic E-state index is 6.02. The van der Waals surface area contributed by atoms with Crippen LogP contribution in [0.25, 0.3) is 0 Å². The van der Waals surface area contributed by atoms with Crippen molar-refractivity contribution in [3.8, 4) is 0 Å². The Kier molecular flexibility index (Phi) is 4.47. The Morgan fingerprint density at radius 3 is 2.70 bits per heavy atom. The van der Waals surface area contributed by atoms with Gasteiger partial charge in [0.05, 0.1) is 18.6 Å². The quantitative estimate of drug-likeness (QED) is 0.864. The Morgan fingerprint density at radius 1 is 1.07 bits per heavy atom. The standard InChI is InChI=1S/C20H29N7/c21-14-4-6-15(7-5-14)24-19-8-10-22-20(25-19)26-11-9-18-17(12-26)23-13-27(18)16-2-1-3-16/h8,10,13-16H,1-7,9,11-12,21H2,(H,22,24,25). The molecule has 2 saturated carbocycles. The number of nitrogens with zero attached hydrogens (tertiary/aromatic N) is 5. The molecule has 2 aromatic rings. The number of hydrogen-bond donors (Lipinski definition) is 2. The summed E-state index contributed by atoms with van der Waals surface area (Å²) in [6, 6.07) is 3.49. The van der Waals surface area contributed by atoms with Crippen LogP contribution in [0.1, 0.15) is 62.4 Å². The molecular formula is C20H29N7. The van der Waals surface area contributed by atoms with Gasteiger partial charge in [-0.1, -0.05) is 0 Å². The van der Waals surface area contributed by atoms with Crippen LogP contribution in [-0.4, -0.2) is 38.1 Å². The number of rotatable bonds is 4. The van der Waals surface area contributed by atoms with Crippen LogP contribution in [0.5, 0.6) is 0 Å². The van der Waals surface area contributed by atoms with E-state index in [1.54, 1.807) is 0 Å². The second-order valence-electron chi connectivity index (χ2n) is 8.30. The molecule has 3 N–H and O–H groups in total. The molecule has 0 saturated heterocycles. The number of anilines is 2. The van der Waals surface area contributed by atoms with E-state index in [-0.39, 0.29) is 0 Å². The lowest BCUT2D eigenvalue weighted by atomic mass is 9.92. The molecule has 0 amide bonds. The van der Waals surface area contributed by atoms with E-state index in [4.69, 9.17) is 15.7 Å². The first kappa shape index (κ1) is 17.0. The lowest BCUT2D eigenvalue weighted by Crippen LogP contribution is -2.34. The van der Waals surface area contributed by atoms with Crippen LogP contribution in [0.15, 0.2) is 18.6 Å². The van der Waals surface area contributed by atoms with Crippen molar-refractivity contribution in [1.29, 1.82) is 0 Å². The minimum atomic E-state index is 0.367. The second kappa shape index (κ2) is 7.11. The molecule has 0 bridgehead atoms. The number of fused-ring (bicyclic) bond motifs is 1. The molecule has 0 unspecified atom stereocenters. The highest BCUT2D eigenvalue weighted by Gasteiger charge is 2.28. The minimum Gasteiger partial charge on any atom is -0.367 e. The van der Waals surface area contributed by atoms with E-state index in [0.29, 0.717) is 18.1 Å². The Balaban J connectivity index is 1.27. The third-order valence-electron chi connectivity index (χ3n) is 6.46. The van der Waals surface area contributed by atoms with Gasteiger partial charge in [0.25, 0.3) is 0 Å². The topological polar surface area (TPSA) is 84.9 Å². The summed E-state index contributed by atoms with van der Waals surface area (Å²) in [6.07, 6.45) is 13.3. The normalized spacial score (nSPS) is 25.7. The monoisotopic (exact) mass is 367 g/mol. The maximum Gasteiger partial charge on any atom is 0.227 e. The van der Waals surface area contributed by atoms with Crippen molar-refractivity contribution in [2.75, 3.05) is 16.8 Å². The summed E-state index contributed by atoms with van der Waals surface area (Å²) in [4.78, 5) is 16.3. The molecule has 2 aliphatic carbocycles. The van der Waals surface area contributed by atoms with Gasteiger partial charge in [-0.15, -0.1) is 0 Å². The van der Waals surface area contributed by atoms with E-state index >= 15 is 0 Å². The summed E-state index contributed by atoms with van der Waals surface area (Å²) in [5.41, 5.74) is 8.63. The van der Waals surface area contributed by atoms with Gasteiger partial charge in [0.2, 0.25) is 5.95 Å². The molecule has 5 rings (SSSR count). The van der Waals surface area contributed by atoms with Crippen LogP contribution in [0.2, 0.25) is 0 Å². The highest BCUT2D eigenvalue weighted by atomic mass is 15.3. The third-order valence-corrected chi connectivity index (χ3v) is 6.46. The van der Waals surface area contributed by atoms with E-state index in [2.05, 4.69) is 19.8 Å². The number of nitrogens with one attached hydrogen (secondary N) is 1. The Bertz CT molecular complexity index is 789. The molecule has 1 aliphatic heterocycles. The first-order valence-electron chi connectivity index (χ1n) is 10.4. The van der Waals surface area contributed by atoms with Crippen LogP contribution in [0.3, 0.4) is 0 Å². The van der Waals surface area contributed by atoms with Crippen LogP contribution in [0, 0.1) is 0 Å². The molecule has 0 radical (unpaired) electrons. The summed E-state index contributed by atoms with van der Waals surface area (Å²) < 4.78 is 2.42. The van der Waals surface area contributed by atoms with E-state index in [1.807, 2.05) is 18.6 Å². The third kappa shape index (κ3) is 3.40. The van der Waals surface area contributed by atoms with Gasteiger partial charge >= 0.3 is 0 Å². The Morgan fingerprint density at radius 2 is 1.93 bits per heavy atom. The molecule has 7 nitrogen and oxygen atoms in total. The number of imidazole rings is 1. The van der Waals surface area contributed by atoms with Gasteiger partial charge in [0.1, 0.15) is 5.82 Å². The zero-order chi connectivity index (χ0) is 18.2. The average Bonchev–Trinajstić information content (AvgIpc) is 3.05. The minimum absolute atomic E-state index is 0.367. The fourth-order valence-corrected chi connectivity index (χ4v) is 4.54.